The van der Waals surface area contributed by atoms with E-state index in [2.05, 4.69) is 17.6 Å². The van der Waals surface area contributed by atoms with Crippen LogP contribution >= 0.6 is 0 Å². The fourth-order valence-corrected chi connectivity index (χ4v) is 1.78. The summed E-state index contributed by atoms with van der Waals surface area (Å²) in [4.78, 5) is 0. The molecule has 15 heavy (non-hydrogen) atoms. The van der Waals surface area contributed by atoms with Gasteiger partial charge in [-0.15, -0.1) is 0 Å². The van der Waals surface area contributed by atoms with Crippen LogP contribution < -0.4 is 5.48 Å². The van der Waals surface area contributed by atoms with Crippen molar-refractivity contribution in [3.8, 4) is 0 Å². The van der Waals surface area contributed by atoms with Crippen LogP contribution in [0.15, 0.2) is 30.3 Å². The highest BCUT2D eigenvalue weighted by Gasteiger charge is 2.09. The smallest absolute Gasteiger partial charge is 0.0431 e. The third-order valence-corrected chi connectivity index (χ3v) is 2.59. The van der Waals surface area contributed by atoms with Crippen molar-refractivity contribution in [2.75, 3.05) is 13.2 Å². The minimum atomic E-state index is 0.232. The van der Waals surface area contributed by atoms with E-state index in [-0.39, 0.29) is 6.61 Å². The molecule has 0 bridgehead atoms. The van der Waals surface area contributed by atoms with Gasteiger partial charge in [-0.3, -0.25) is 0 Å². The van der Waals surface area contributed by atoms with Gasteiger partial charge in [0.1, 0.15) is 0 Å². The standard InChI is InChI=1S/C12H19NO2/c14-10-4-7-12(8-9-13-15)11-5-2-1-3-6-11/h1-3,5-6,12-15H,4,7-10H2. The minimum Gasteiger partial charge on any atom is -0.396 e. The van der Waals surface area contributed by atoms with Gasteiger partial charge in [0, 0.05) is 13.2 Å². The summed E-state index contributed by atoms with van der Waals surface area (Å²) in [6.07, 6.45) is 2.66. The molecule has 1 atom stereocenters. The summed E-state index contributed by atoms with van der Waals surface area (Å²) in [5.74, 6) is 0.415. The molecular formula is C12H19NO2. The number of hydroxylamine groups is 1. The van der Waals surface area contributed by atoms with Crippen molar-refractivity contribution in [3.05, 3.63) is 35.9 Å². The van der Waals surface area contributed by atoms with Gasteiger partial charge in [0.2, 0.25) is 0 Å². The number of hydrogen-bond donors (Lipinski definition) is 3. The highest BCUT2D eigenvalue weighted by Crippen LogP contribution is 2.23. The predicted octanol–water partition coefficient (Wildman–Crippen LogP) is 1.91. The third-order valence-electron chi connectivity index (χ3n) is 2.59. The van der Waals surface area contributed by atoms with Crippen LogP contribution in [0.2, 0.25) is 0 Å². The van der Waals surface area contributed by atoms with Gasteiger partial charge < -0.3 is 10.3 Å². The van der Waals surface area contributed by atoms with Gasteiger partial charge in [-0.2, -0.15) is 0 Å². The number of nitrogens with one attached hydrogen (secondary N) is 1. The first-order valence-corrected chi connectivity index (χ1v) is 5.41. The Morgan fingerprint density at radius 2 is 1.87 bits per heavy atom. The second-order valence-corrected chi connectivity index (χ2v) is 3.67. The van der Waals surface area contributed by atoms with Crippen molar-refractivity contribution in [2.45, 2.75) is 25.2 Å². The predicted molar refractivity (Wildman–Crippen MR) is 59.9 cm³/mol. The maximum atomic E-state index is 8.82. The van der Waals surface area contributed by atoms with Gasteiger partial charge in [-0.05, 0) is 30.7 Å². The molecule has 3 heteroatoms. The van der Waals surface area contributed by atoms with Crippen LogP contribution in [-0.4, -0.2) is 23.5 Å². The zero-order chi connectivity index (χ0) is 10.9. The average molecular weight is 209 g/mol. The van der Waals surface area contributed by atoms with Gasteiger partial charge >= 0.3 is 0 Å². The van der Waals surface area contributed by atoms with Crippen molar-refractivity contribution in [1.82, 2.24) is 5.48 Å². The molecule has 0 spiro atoms. The topological polar surface area (TPSA) is 52.5 Å². The lowest BCUT2D eigenvalue weighted by molar-refractivity contribution is 0.162. The third kappa shape index (κ3) is 4.42. The summed E-state index contributed by atoms with van der Waals surface area (Å²) in [5.41, 5.74) is 3.46. The minimum absolute atomic E-state index is 0.232. The molecule has 0 saturated heterocycles. The Labute approximate surface area is 90.7 Å². The fourth-order valence-electron chi connectivity index (χ4n) is 1.78. The Morgan fingerprint density at radius 3 is 2.47 bits per heavy atom. The molecule has 0 aliphatic rings. The van der Waals surface area contributed by atoms with Crippen molar-refractivity contribution >= 4 is 0 Å². The van der Waals surface area contributed by atoms with Crippen LogP contribution in [0.3, 0.4) is 0 Å². The quantitative estimate of drug-likeness (QED) is 0.601. The Bertz CT molecular complexity index is 243. The molecule has 1 unspecified atom stereocenters. The Morgan fingerprint density at radius 1 is 1.13 bits per heavy atom. The summed E-state index contributed by atoms with van der Waals surface area (Å²) >= 11 is 0. The Kier molecular flexibility index (Phi) is 6.00. The summed E-state index contributed by atoms with van der Waals surface area (Å²) in [6, 6.07) is 10.2. The van der Waals surface area contributed by atoms with Crippen molar-refractivity contribution in [1.29, 1.82) is 0 Å². The molecule has 0 saturated carbocycles. The van der Waals surface area contributed by atoms with Crippen LogP contribution in [-0.2, 0) is 0 Å². The van der Waals surface area contributed by atoms with Gasteiger partial charge in [0.15, 0.2) is 0 Å². The van der Waals surface area contributed by atoms with Gasteiger partial charge in [-0.1, -0.05) is 30.3 Å². The molecule has 0 fully saturated rings. The Balaban J connectivity index is 2.55. The molecule has 1 rings (SSSR count). The molecular weight excluding hydrogens is 190 g/mol. The SMILES string of the molecule is OCCCC(CCNO)c1ccccc1. The molecule has 0 amide bonds. The number of hydrogen-bond acceptors (Lipinski definition) is 3. The molecule has 0 aromatic heterocycles. The van der Waals surface area contributed by atoms with Gasteiger partial charge in [-0.25, -0.2) is 5.48 Å². The highest BCUT2D eigenvalue weighted by atomic mass is 16.5. The van der Waals surface area contributed by atoms with E-state index in [9.17, 15) is 0 Å². The van der Waals surface area contributed by atoms with Crippen molar-refractivity contribution in [2.24, 2.45) is 0 Å². The molecule has 0 aliphatic heterocycles. The second kappa shape index (κ2) is 7.40. The number of rotatable bonds is 7. The van der Waals surface area contributed by atoms with Crippen molar-refractivity contribution in [3.63, 3.8) is 0 Å². The van der Waals surface area contributed by atoms with E-state index < -0.39 is 0 Å². The molecule has 3 nitrogen and oxygen atoms in total. The van der Waals surface area contributed by atoms with E-state index in [1.54, 1.807) is 0 Å². The van der Waals surface area contributed by atoms with E-state index in [0.717, 1.165) is 19.3 Å². The van der Waals surface area contributed by atoms with E-state index >= 15 is 0 Å². The van der Waals surface area contributed by atoms with Gasteiger partial charge in [0.25, 0.3) is 0 Å². The van der Waals surface area contributed by atoms with Crippen LogP contribution in [0.5, 0.6) is 0 Å². The molecule has 0 heterocycles. The van der Waals surface area contributed by atoms with Crippen LogP contribution in [0.1, 0.15) is 30.7 Å². The zero-order valence-corrected chi connectivity index (χ0v) is 8.89. The first kappa shape index (κ1) is 12.2. The summed E-state index contributed by atoms with van der Waals surface area (Å²) < 4.78 is 0. The lowest BCUT2D eigenvalue weighted by Crippen LogP contribution is -2.13. The van der Waals surface area contributed by atoms with E-state index in [4.69, 9.17) is 10.3 Å². The second-order valence-electron chi connectivity index (χ2n) is 3.67. The molecule has 1 aromatic rings. The van der Waals surface area contributed by atoms with Gasteiger partial charge in [0.05, 0.1) is 0 Å². The lowest BCUT2D eigenvalue weighted by Gasteiger charge is -2.16. The first-order chi connectivity index (χ1) is 7.38. The largest absolute Gasteiger partial charge is 0.396 e. The first-order valence-electron chi connectivity index (χ1n) is 5.41. The molecule has 3 N–H and O–H groups in total. The average Bonchev–Trinajstić information content (AvgIpc) is 2.30. The Hall–Kier alpha value is -0.900. The molecule has 1 aromatic carbocycles. The van der Waals surface area contributed by atoms with E-state index in [0.29, 0.717) is 12.5 Å². The van der Waals surface area contributed by atoms with Crippen LogP contribution in [0.4, 0.5) is 0 Å². The summed E-state index contributed by atoms with van der Waals surface area (Å²) in [6.45, 7) is 0.820. The summed E-state index contributed by atoms with van der Waals surface area (Å²) in [5, 5.41) is 17.4. The monoisotopic (exact) mass is 209 g/mol. The van der Waals surface area contributed by atoms with E-state index in [1.165, 1.54) is 5.56 Å². The fraction of sp³-hybridized carbons (Fsp3) is 0.500. The maximum absolute atomic E-state index is 8.82. The lowest BCUT2D eigenvalue weighted by atomic mass is 9.91. The van der Waals surface area contributed by atoms with Crippen molar-refractivity contribution < 1.29 is 10.3 Å². The normalized spacial score (nSPS) is 12.7. The number of aliphatic hydroxyl groups is 1. The highest BCUT2D eigenvalue weighted by molar-refractivity contribution is 5.19. The number of aliphatic hydroxyl groups excluding tert-OH is 1. The molecule has 0 radical (unpaired) electrons. The zero-order valence-electron chi connectivity index (χ0n) is 8.89. The molecule has 0 aliphatic carbocycles. The number of benzene rings is 1. The maximum Gasteiger partial charge on any atom is 0.0431 e. The van der Waals surface area contributed by atoms with Crippen LogP contribution in [0.25, 0.3) is 0 Å². The van der Waals surface area contributed by atoms with E-state index in [1.807, 2.05) is 18.2 Å². The molecule has 84 valence electrons. The van der Waals surface area contributed by atoms with Crippen LogP contribution in [0, 0.1) is 0 Å². The summed E-state index contributed by atoms with van der Waals surface area (Å²) in [7, 11) is 0.